The van der Waals surface area contributed by atoms with Crippen molar-refractivity contribution in [3.63, 3.8) is 0 Å². The lowest BCUT2D eigenvalue weighted by Crippen LogP contribution is -2.33. The Bertz CT molecular complexity index is 707. The van der Waals surface area contributed by atoms with Crippen molar-refractivity contribution in [2.45, 2.75) is 52.0 Å². The van der Waals surface area contributed by atoms with E-state index in [1.807, 2.05) is 6.20 Å². The highest BCUT2D eigenvalue weighted by molar-refractivity contribution is 5.52. The first-order valence-corrected chi connectivity index (χ1v) is 9.54. The number of pyridine rings is 1. The second-order valence-corrected chi connectivity index (χ2v) is 7.40. The molecular formula is C20H27N5. The maximum absolute atomic E-state index is 4.59. The van der Waals surface area contributed by atoms with Gasteiger partial charge in [-0.15, -0.1) is 0 Å². The summed E-state index contributed by atoms with van der Waals surface area (Å²) in [5.74, 6) is 2.85. The molecule has 4 rings (SSSR count). The van der Waals surface area contributed by atoms with E-state index >= 15 is 0 Å². The van der Waals surface area contributed by atoms with Gasteiger partial charge in [-0.2, -0.15) is 0 Å². The normalized spacial score (nSPS) is 18.0. The van der Waals surface area contributed by atoms with Gasteiger partial charge in [0.05, 0.1) is 5.69 Å². The summed E-state index contributed by atoms with van der Waals surface area (Å²) >= 11 is 0. The van der Waals surface area contributed by atoms with Gasteiger partial charge >= 0.3 is 0 Å². The zero-order chi connectivity index (χ0) is 17.1. The molecule has 2 aromatic rings. The lowest BCUT2D eigenvalue weighted by atomic mass is 9.89. The molecule has 2 aliphatic rings. The van der Waals surface area contributed by atoms with Gasteiger partial charge in [-0.3, -0.25) is 0 Å². The van der Waals surface area contributed by atoms with Gasteiger partial charge in [0.15, 0.2) is 0 Å². The monoisotopic (exact) mass is 337 g/mol. The van der Waals surface area contributed by atoms with Crippen LogP contribution in [0, 0.1) is 12.8 Å². The molecule has 0 spiro atoms. The standard InChI is InChI=1S/C20H27N5/c1-15-7-8-19(21-11-15)25-10-9-18-17(13-25)20(24-14-23-18)22-12-16-5-3-2-4-6-16/h7-8,11,14,16H,2-6,9-10,12-13H2,1H3,(H,22,23,24). The number of nitrogens with zero attached hydrogens (tertiary/aromatic N) is 4. The van der Waals surface area contributed by atoms with Crippen LogP contribution in [0.5, 0.6) is 0 Å². The molecule has 1 N–H and O–H groups in total. The third-order valence-corrected chi connectivity index (χ3v) is 5.50. The molecular weight excluding hydrogens is 310 g/mol. The van der Waals surface area contributed by atoms with Crippen molar-refractivity contribution >= 4 is 11.6 Å². The number of fused-ring (bicyclic) bond motifs is 1. The van der Waals surface area contributed by atoms with Crippen molar-refractivity contribution in [3.8, 4) is 0 Å². The Kier molecular flexibility index (Phi) is 4.81. The van der Waals surface area contributed by atoms with Crippen molar-refractivity contribution in [1.29, 1.82) is 0 Å². The first-order chi connectivity index (χ1) is 12.3. The topological polar surface area (TPSA) is 53.9 Å². The van der Waals surface area contributed by atoms with Crippen molar-refractivity contribution in [1.82, 2.24) is 15.0 Å². The van der Waals surface area contributed by atoms with E-state index in [0.29, 0.717) is 0 Å². The molecule has 5 heteroatoms. The van der Waals surface area contributed by atoms with Crippen molar-refractivity contribution in [2.24, 2.45) is 5.92 Å². The zero-order valence-corrected chi connectivity index (χ0v) is 15.0. The summed E-state index contributed by atoms with van der Waals surface area (Å²) in [4.78, 5) is 16.0. The van der Waals surface area contributed by atoms with Crippen LogP contribution in [0.15, 0.2) is 24.7 Å². The number of rotatable bonds is 4. The van der Waals surface area contributed by atoms with E-state index in [2.05, 4.69) is 44.2 Å². The van der Waals surface area contributed by atoms with Crippen molar-refractivity contribution < 1.29 is 0 Å². The van der Waals surface area contributed by atoms with Crippen LogP contribution in [0.2, 0.25) is 0 Å². The fourth-order valence-corrected chi connectivity index (χ4v) is 3.97. The average Bonchev–Trinajstić information content (AvgIpc) is 2.67. The van der Waals surface area contributed by atoms with Crippen LogP contribution >= 0.6 is 0 Å². The van der Waals surface area contributed by atoms with Gasteiger partial charge < -0.3 is 10.2 Å². The lowest BCUT2D eigenvalue weighted by Gasteiger charge is -2.30. The predicted molar refractivity (Wildman–Crippen MR) is 101 cm³/mol. The fourth-order valence-electron chi connectivity index (χ4n) is 3.97. The minimum Gasteiger partial charge on any atom is -0.369 e. The summed E-state index contributed by atoms with van der Waals surface area (Å²) in [6, 6.07) is 4.24. The van der Waals surface area contributed by atoms with Crippen molar-refractivity contribution in [3.05, 3.63) is 41.5 Å². The molecule has 3 heterocycles. The lowest BCUT2D eigenvalue weighted by molar-refractivity contribution is 0.373. The Morgan fingerprint density at radius 3 is 2.80 bits per heavy atom. The summed E-state index contributed by atoms with van der Waals surface area (Å²) in [6.45, 7) is 4.90. The number of aromatic nitrogens is 3. The minimum atomic E-state index is 0.790. The molecule has 0 amide bonds. The quantitative estimate of drug-likeness (QED) is 0.921. The molecule has 0 aromatic carbocycles. The summed E-state index contributed by atoms with van der Waals surface area (Å²) in [7, 11) is 0. The second kappa shape index (κ2) is 7.38. The summed E-state index contributed by atoms with van der Waals surface area (Å²) in [6.07, 6.45) is 11.4. The number of nitrogens with one attached hydrogen (secondary N) is 1. The van der Waals surface area contributed by atoms with Gasteiger partial charge in [0.1, 0.15) is 18.0 Å². The van der Waals surface area contributed by atoms with Crippen molar-refractivity contribution in [2.75, 3.05) is 23.3 Å². The Hall–Kier alpha value is -2.17. The Morgan fingerprint density at radius 1 is 1.12 bits per heavy atom. The van der Waals surface area contributed by atoms with Gasteiger partial charge in [0.25, 0.3) is 0 Å². The molecule has 25 heavy (non-hydrogen) atoms. The average molecular weight is 337 g/mol. The molecule has 0 saturated heterocycles. The Morgan fingerprint density at radius 2 is 2.00 bits per heavy atom. The highest BCUT2D eigenvalue weighted by Gasteiger charge is 2.22. The van der Waals surface area contributed by atoms with E-state index in [9.17, 15) is 0 Å². The zero-order valence-electron chi connectivity index (χ0n) is 15.0. The predicted octanol–water partition coefficient (Wildman–Crippen LogP) is 3.73. The van der Waals surface area contributed by atoms with Crippen LogP contribution in [-0.2, 0) is 13.0 Å². The molecule has 1 saturated carbocycles. The fraction of sp³-hybridized carbons (Fsp3) is 0.550. The third-order valence-electron chi connectivity index (χ3n) is 5.50. The van der Waals surface area contributed by atoms with E-state index in [1.165, 1.54) is 48.9 Å². The molecule has 0 atom stereocenters. The maximum Gasteiger partial charge on any atom is 0.134 e. The molecule has 132 valence electrons. The molecule has 0 radical (unpaired) electrons. The smallest absolute Gasteiger partial charge is 0.134 e. The van der Waals surface area contributed by atoms with Crippen LogP contribution in [0.1, 0.15) is 48.9 Å². The SMILES string of the molecule is Cc1ccc(N2CCc3ncnc(NCC4CCCCC4)c3C2)nc1. The highest BCUT2D eigenvalue weighted by Crippen LogP contribution is 2.28. The van der Waals surface area contributed by atoms with Crippen LogP contribution in [0.25, 0.3) is 0 Å². The van der Waals surface area contributed by atoms with E-state index in [1.54, 1.807) is 6.33 Å². The Balaban J connectivity index is 1.49. The maximum atomic E-state index is 4.59. The van der Waals surface area contributed by atoms with Crippen LogP contribution in [0.4, 0.5) is 11.6 Å². The minimum absolute atomic E-state index is 0.790. The molecule has 1 fully saturated rings. The molecule has 2 aromatic heterocycles. The van der Waals surface area contributed by atoms with Gasteiger partial charge in [0, 0.05) is 37.8 Å². The van der Waals surface area contributed by atoms with Crippen LogP contribution in [0.3, 0.4) is 0 Å². The number of hydrogen-bond donors (Lipinski definition) is 1. The molecule has 0 bridgehead atoms. The Labute approximate surface area is 149 Å². The second-order valence-electron chi connectivity index (χ2n) is 7.40. The molecule has 1 aliphatic heterocycles. The van der Waals surface area contributed by atoms with E-state index in [4.69, 9.17) is 0 Å². The van der Waals surface area contributed by atoms with Gasteiger partial charge in [-0.1, -0.05) is 25.3 Å². The van der Waals surface area contributed by atoms with E-state index in [0.717, 1.165) is 43.6 Å². The summed E-state index contributed by atoms with van der Waals surface area (Å²) in [5.41, 5.74) is 3.62. The molecule has 1 aliphatic carbocycles. The molecule has 5 nitrogen and oxygen atoms in total. The molecule has 0 unspecified atom stereocenters. The van der Waals surface area contributed by atoms with Crippen LogP contribution < -0.4 is 10.2 Å². The number of hydrogen-bond acceptors (Lipinski definition) is 5. The largest absolute Gasteiger partial charge is 0.369 e. The van der Waals surface area contributed by atoms with Gasteiger partial charge in [-0.25, -0.2) is 15.0 Å². The summed E-state index contributed by atoms with van der Waals surface area (Å²) < 4.78 is 0. The van der Waals surface area contributed by atoms with Gasteiger partial charge in [-0.05, 0) is 37.3 Å². The number of aryl methyl sites for hydroxylation is 1. The third kappa shape index (κ3) is 3.75. The van der Waals surface area contributed by atoms with E-state index < -0.39 is 0 Å². The summed E-state index contributed by atoms with van der Waals surface area (Å²) in [5, 5.41) is 3.63. The van der Waals surface area contributed by atoms with Crippen LogP contribution in [-0.4, -0.2) is 28.0 Å². The highest BCUT2D eigenvalue weighted by atomic mass is 15.2. The first-order valence-electron chi connectivity index (χ1n) is 9.54. The van der Waals surface area contributed by atoms with Gasteiger partial charge in [0.2, 0.25) is 0 Å². The first kappa shape index (κ1) is 16.3. The van der Waals surface area contributed by atoms with E-state index in [-0.39, 0.29) is 0 Å². The number of anilines is 2.